The third kappa shape index (κ3) is 5.23. The summed E-state index contributed by atoms with van der Waals surface area (Å²) in [6.07, 6.45) is 1.19. The first-order chi connectivity index (χ1) is 21.5. The number of hydrogen-bond donors (Lipinski definition) is 2. The molecule has 0 amide bonds. The van der Waals surface area contributed by atoms with Crippen LogP contribution in [0.3, 0.4) is 0 Å². The SMILES string of the molecule is C[C@H](c1cccnc1N)N(C)c1nc(O[C@H]2COC[C@@H]2N(C)C)nc2c(F)c(-c3ccc(F)c4sc(N)c(C#N)c34)c(Cl)cc12. The number of hydrogen-bond acceptors (Lipinski definition) is 11. The molecule has 45 heavy (non-hydrogen) atoms. The lowest BCUT2D eigenvalue weighted by molar-refractivity contribution is 0.117. The van der Waals surface area contributed by atoms with Gasteiger partial charge in [-0.1, -0.05) is 23.7 Å². The standard InChI is InChI=1S/C31H29ClF2N8O2S/c1-14(15-6-5-9-38-28(15)36)42(4)30-17-10-19(32)24(16-7-8-20(33)27-23(16)18(11-35)29(37)45-27)25(34)26(17)39-31(40-30)44-22-13-43-12-21(22)41(2)3/h5-10,14,21-22H,12-13,37H2,1-4H3,(H2,36,38)/t14-,21+,22+/m1/s1. The molecule has 0 bridgehead atoms. The molecule has 3 aromatic heterocycles. The van der Waals surface area contributed by atoms with Crippen molar-refractivity contribution in [2.45, 2.75) is 25.1 Å². The molecule has 3 atom stereocenters. The van der Waals surface area contributed by atoms with Crippen molar-refractivity contribution in [2.24, 2.45) is 0 Å². The Kier molecular flexibility index (Phi) is 8.09. The highest BCUT2D eigenvalue weighted by Crippen LogP contribution is 2.46. The molecule has 10 nitrogen and oxygen atoms in total. The van der Waals surface area contributed by atoms with Crippen LogP contribution < -0.4 is 21.1 Å². The van der Waals surface area contributed by atoms with Gasteiger partial charge in [0.1, 0.15) is 40.1 Å². The van der Waals surface area contributed by atoms with Crippen molar-refractivity contribution >= 4 is 60.6 Å². The second kappa shape index (κ2) is 11.9. The number of pyridine rings is 1. The van der Waals surface area contributed by atoms with Gasteiger partial charge in [0.05, 0.1) is 40.6 Å². The second-order valence-corrected chi connectivity index (χ2v) is 12.5. The molecular formula is C31H29ClF2N8O2S. The van der Waals surface area contributed by atoms with Gasteiger partial charge in [-0.3, -0.25) is 0 Å². The molecule has 1 aliphatic rings. The van der Waals surface area contributed by atoms with Crippen LogP contribution in [-0.2, 0) is 4.74 Å². The predicted octanol–water partition coefficient (Wildman–Crippen LogP) is 5.78. The van der Waals surface area contributed by atoms with Crippen LogP contribution in [0.5, 0.6) is 6.01 Å². The minimum atomic E-state index is -0.790. The second-order valence-electron chi connectivity index (χ2n) is 11.0. The van der Waals surface area contributed by atoms with Gasteiger partial charge >= 0.3 is 6.01 Å². The summed E-state index contributed by atoms with van der Waals surface area (Å²) in [5.41, 5.74) is 13.1. The summed E-state index contributed by atoms with van der Waals surface area (Å²) in [7, 11) is 5.63. The van der Waals surface area contributed by atoms with Gasteiger partial charge in [-0.15, -0.1) is 11.3 Å². The number of fused-ring (bicyclic) bond motifs is 2. The normalized spacial score (nSPS) is 17.2. The van der Waals surface area contributed by atoms with Crippen molar-refractivity contribution < 1.29 is 18.3 Å². The highest BCUT2D eigenvalue weighted by Gasteiger charge is 2.34. The number of aromatic nitrogens is 3. The molecule has 14 heteroatoms. The predicted molar refractivity (Wildman–Crippen MR) is 173 cm³/mol. The van der Waals surface area contributed by atoms with Crippen molar-refractivity contribution in [3.63, 3.8) is 0 Å². The van der Waals surface area contributed by atoms with Crippen molar-refractivity contribution in [1.29, 1.82) is 5.26 Å². The number of rotatable bonds is 7. The maximum Gasteiger partial charge on any atom is 0.319 e. The molecule has 1 fully saturated rings. The fraction of sp³-hybridized carbons (Fsp3) is 0.290. The number of nitriles is 1. The summed E-state index contributed by atoms with van der Waals surface area (Å²) >= 11 is 7.73. The zero-order valence-electron chi connectivity index (χ0n) is 24.8. The number of thiophene rings is 1. The summed E-state index contributed by atoms with van der Waals surface area (Å²) in [6.45, 7) is 2.67. The minimum Gasteiger partial charge on any atom is -0.456 e. The van der Waals surface area contributed by atoms with Crippen LogP contribution >= 0.6 is 22.9 Å². The van der Waals surface area contributed by atoms with Crippen LogP contribution in [0.1, 0.15) is 24.1 Å². The zero-order valence-corrected chi connectivity index (χ0v) is 26.4. The number of likely N-dealkylation sites (N-methyl/N-ethyl adjacent to an activating group) is 1. The fourth-order valence-electron chi connectivity index (χ4n) is 5.67. The number of nitrogen functional groups attached to an aromatic ring is 2. The molecule has 0 spiro atoms. The van der Waals surface area contributed by atoms with Crippen molar-refractivity contribution in [2.75, 3.05) is 50.7 Å². The highest BCUT2D eigenvalue weighted by molar-refractivity contribution is 7.23. The molecule has 4 N–H and O–H groups in total. The number of benzene rings is 2. The number of ether oxygens (including phenoxy) is 2. The van der Waals surface area contributed by atoms with Crippen LogP contribution in [0.15, 0.2) is 36.5 Å². The van der Waals surface area contributed by atoms with Crippen LogP contribution in [0.4, 0.5) is 25.4 Å². The summed E-state index contributed by atoms with van der Waals surface area (Å²) < 4.78 is 43.8. The molecule has 0 unspecified atom stereocenters. The van der Waals surface area contributed by atoms with E-state index in [1.807, 2.05) is 43.0 Å². The molecule has 2 aromatic carbocycles. The lowest BCUT2D eigenvalue weighted by Gasteiger charge is -2.29. The van der Waals surface area contributed by atoms with Crippen LogP contribution in [0, 0.1) is 23.0 Å². The van der Waals surface area contributed by atoms with Gasteiger partial charge in [0.25, 0.3) is 0 Å². The molecule has 232 valence electrons. The summed E-state index contributed by atoms with van der Waals surface area (Å²) in [5.74, 6) is -0.690. The third-order valence-electron chi connectivity index (χ3n) is 8.20. The molecule has 5 aromatic rings. The van der Waals surface area contributed by atoms with E-state index in [-0.39, 0.29) is 60.4 Å². The molecule has 4 heterocycles. The average Bonchev–Trinajstić information content (AvgIpc) is 3.62. The molecule has 0 saturated carbocycles. The van der Waals surface area contributed by atoms with E-state index < -0.39 is 17.7 Å². The molecule has 0 aliphatic carbocycles. The van der Waals surface area contributed by atoms with E-state index >= 15 is 4.39 Å². The van der Waals surface area contributed by atoms with Gasteiger partial charge in [-0.2, -0.15) is 15.2 Å². The lowest BCUT2D eigenvalue weighted by Crippen LogP contribution is -2.41. The van der Waals surface area contributed by atoms with E-state index in [0.29, 0.717) is 30.2 Å². The van der Waals surface area contributed by atoms with Crippen molar-refractivity contribution in [3.05, 3.63) is 64.3 Å². The van der Waals surface area contributed by atoms with E-state index in [2.05, 4.69) is 9.97 Å². The quantitative estimate of drug-likeness (QED) is 0.223. The minimum absolute atomic E-state index is 0.0129. The first-order valence-corrected chi connectivity index (χ1v) is 15.2. The van der Waals surface area contributed by atoms with Crippen LogP contribution in [-0.4, -0.2) is 66.4 Å². The molecule has 1 saturated heterocycles. The van der Waals surface area contributed by atoms with E-state index in [4.69, 9.17) is 37.5 Å². The van der Waals surface area contributed by atoms with E-state index in [1.54, 1.807) is 25.4 Å². The van der Waals surface area contributed by atoms with Gasteiger partial charge in [0.15, 0.2) is 5.82 Å². The number of halogens is 3. The van der Waals surface area contributed by atoms with Gasteiger partial charge in [0, 0.05) is 35.1 Å². The van der Waals surface area contributed by atoms with E-state index in [0.717, 1.165) is 16.9 Å². The Bertz CT molecular complexity index is 2000. The molecule has 0 radical (unpaired) electrons. The number of nitrogens with two attached hydrogens (primary N) is 2. The van der Waals surface area contributed by atoms with Gasteiger partial charge in [-0.05, 0) is 44.8 Å². The monoisotopic (exact) mass is 650 g/mol. The van der Waals surface area contributed by atoms with Crippen LogP contribution in [0.2, 0.25) is 5.02 Å². The first-order valence-electron chi connectivity index (χ1n) is 14.0. The smallest absolute Gasteiger partial charge is 0.319 e. The Morgan fingerprint density at radius 3 is 2.67 bits per heavy atom. The lowest BCUT2D eigenvalue weighted by atomic mass is 9.97. The molecule has 6 rings (SSSR count). The zero-order chi connectivity index (χ0) is 32.2. The third-order valence-corrected chi connectivity index (χ3v) is 9.52. The maximum absolute atomic E-state index is 16.9. The highest BCUT2D eigenvalue weighted by atomic mass is 35.5. The first kappa shape index (κ1) is 30.7. The van der Waals surface area contributed by atoms with Gasteiger partial charge < -0.3 is 30.7 Å². The number of nitrogens with zero attached hydrogens (tertiary/aromatic N) is 6. The van der Waals surface area contributed by atoms with E-state index in [9.17, 15) is 9.65 Å². The average molecular weight is 651 g/mol. The van der Waals surface area contributed by atoms with E-state index in [1.165, 1.54) is 12.1 Å². The van der Waals surface area contributed by atoms with Gasteiger partial charge in [0.2, 0.25) is 0 Å². The Morgan fingerprint density at radius 1 is 1.18 bits per heavy atom. The largest absolute Gasteiger partial charge is 0.456 e. The Morgan fingerprint density at radius 2 is 1.96 bits per heavy atom. The molecular weight excluding hydrogens is 622 g/mol. The number of anilines is 3. The molecule has 1 aliphatic heterocycles. The van der Waals surface area contributed by atoms with Crippen molar-refractivity contribution in [3.8, 4) is 23.2 Å². The topological polar surface area (TPSA) is 139 Å². The van der Waals surface area contributed by atoms with Gasteiger partial charge in [-0.25, -0.2) is 13.8 Å². The Balaban J connectivity index is 1.59. The summed E-state index contributed by atoms with van der Waals surface area (Å²) in [5, 5.41) is 10.5. The Labute approximate surface area is 266 Å². The maximum atomic E-state index is 16.9. The van der Waals surface area contributed by atoms with Crippen molar-refractivity contribution in [1.82, 2.24) is 19.9 Å². The van der Waals surface area contributed by atoms with Crippen LogP contribution in [0.25, 0.3) is 32.1 Å². The fourth-order valence-corrected chi connectivity index (χ4v) is 6.91. The Hall–Kier alpha value is -4.35. The summed E-state index contributed by atoms with van der Waals surface area (Å²) in [4.78, 5) is 17.3. The summed E-state index contributed by atoms with van der Waals surface area (Å²) in [6, 6.07) is 9.31.